The zero-order chi connectivity index (χ0) is 26.4. The maximum Gasteiger partial charge on any atom is 0.363 e. The minimum Gasteiger partial charge on any atom is -0.493 e. The minimum absolute atomic E-state index is 0.0235. The van der Waals surface area contributed by atoms with E-state index in [1.54, 1.807) is 66.1 Å². The van der Waals surface area contributed by atoms with Crippen LogP contribution in [0.1, 0.15) is 47.5 Å². The fourth-order valence-corrected chi connectivity index (χ4v) is 3.98. The minimum atomic E-state index is -0.585. The number of benzene rings is 2. The Bertz CT molecular complexity index is 1360. The number of hydrogen-bond acceptors (Lipinski definition) is 8. The highest BCUT2D eigenvalue weighted by molar-refractivity contribution is 7.12. The fourth-order valence-electron chi connectivity index (χ4n) is 3.38. The Morgan fingerprint density at radius 3 is 2.49 bits per heavy atom. The van der Waals surface area contributed by atoms with E-state index in [9.17, 15) is 14.4 Å². The van der Waals surface area contributed by atoms with Crippen LogP contribution in [0, 0.1) is 5.92 Å². The second-order valence-electron chi connectivity index (χ2n) is 7.95. The van der Waals surface area contributed by atoms with Crippen LogP contribution in [0.4, 0.5) is 5.69 Å². The Labute approximate surface area is 218 Å². The molecule has 0 radical (unpaired) electrons. The summed E-state index contributed by atoms with van der Waals surface area (Å²) in [6.45, 7) is 4.00. The number of hydrogen-bond donors (Lipinski definition) is 1. The molecule has 1 amide bonds. The molecule has 0 unspecified atom stereocenters. The zero-order valence-corrected chi connectivity index (χ0v) is 21.5. The highest BCUT2D eigenvalue weighted by atomic mass is 32.1. The van der Waals surface area contributed by atoms with E-state index in [0.29, 0.717) is 27.4 Å². The van der Waals surface area contributed by atoms with Gasteiger partial charge in [-0.05, 0) is 72.3 Å². The van der Waals surface area contributed by atoms with Crippen LogP contribution in [-0.2, 0) is 14.3 Å². The van der Waals surface area contributed by atoms with Gasteiger partial charge >= 0.3 is 11.9 Å². The summed E-state index contributed by atoms with van der Waals surface area (Å²) < 4.78 is 16.1. The van der Waals surface area contributed by atoms with Crippen molar-refractivity contribution >= 4 is 46.8 Å². The first-order valence-electron chi connectivity index (χ1n) is 11.9. The van der Waals surface area contributed by atoms with Gasteiger partial charge in [-0.3, -0.25) is 4.79 Å². The van der Waals surface area contributed by atoms with Crippen molar-refractivity contribution in [3.8, 4) is 11.5 Å². The number of amides is 1. The second-order valence-corrected chi connectivity index (χ2v) is 8.90. The van der Waals surface area contributed by atoms with Gasteiger partial charge in [-0.15, -0.1) is 11.3 Å². The predicted octanol–water partition coefficient (Wildman–Crippen LogP) is 5.70. The molecule has 5 rings (SSSR count). The van der Waals surface area contributed by atoms with Gasteiger partial charge in [0.15, 0.2) is 17.2 Å². The SMILES string of the molecule is CC.COc1cc(/C=C2/N=C(c3ccc(NC(=O)C4CC4)cc3)OC2=O)ccc1OC(=O)c1cccs1. The lowest BCUT2D eigenvalue weighted by atomic mass is 10.1. The second kappa shape index (κ2) is 11.7. The third kappa shape index (κ3) is 6.31. The summed E-state index contributed by atoms with van der Waals surface area (Å²) in [5.41, 5.74) is 2.03. The number of carbonyl (C=O) groups is 3. The van der Waals surface area contributed by atoms with Crippen molar-refractivity contribution in [1.29, 1.82) is 0 Å². The van der Waals surface area contributed by atoms with Crippen molar-refractivity contribution in [3.63, 3.8) is 0 Å². The quantitative estimate of drug-likeness (QED) is 0.245. The monoisotopic (exact) mass is 518 g/mol. The zero-order valence-electron chi connectivity index (χ0n) is 20.6. The fraction of sp³-hybridized carbons (Fsp3) is 0.214. The number of ether oxygens (including phenoxy) is 3. The summed E-state index contributed by atoms with van der Waals surface area (Å²) in [4.78, 5) is 41.3. The van der Waals surface area contributed by atoms with Gasteiger partial charge in [-0.25, -0.2) is 14.6 Å². The summed E-state index contributed by atoms with van der Waals surface area (Å²) in [5.74, 6) is -0.147. The molecule has 0 bridgehead atoms. The molecular formula is C28H26N2O6S. The molecule has 2 aromatic carbocycles. The van der Waals surface area contributed by atoms with Crippen LogP contribution in [-0.4, -0.2) is 30.9 Å². The van der Waals surface area contributed by atoms with E-state index in [-0.39, 0.29) is 29.2 Å². The first kappa shape index (κ1) is 25.8. The van der Waals surface area contributed by atoms with Crippen molar-refractivity contribution in [3.05, 3.63) is 81.7 Å². The lowest BCUT2D eigenvalue weighted by molar-refractivity contribution is -0.130. The summed E-state index contributed by atoms with van der Waals surface area (Å²) >= 11 is 1.28. The average Bonchev–Trinajstić information content (AvgIpc) is 3.51. The number of thiophene rings is 1. The molecule has 1 fully saturated rings. The standard InChI is InChI=1S/C26H20N2O6S.C2H6/c1-32-21-14-15(4-11-20(21)33-26(31)22-3-2-12-35-22)13-19-25(30)34-24(28-19)17-7-9-18(10-8-17)27-23(29)16-5-6-16;1-2/h2-4,7-14,16H,5-6H2,1H3,(H,27,29);1-2H3/b19-13+;. The van der Waals surface area contributed by atoms with E-state index < -0.39 is 11.9 Å². The molecule has 37 heavy (non-hydrogen) atoms. The van der Waals surface area contributed by atoms with Crippen LogP contribution >= 0.6 is 11.3 Å². The first-order chi connectivity index (χ1) is 18.0. The average molecular weight is 519 g/mol. The number of rotatable bonds is 7. The topological polar surface area (TPSA) is 103 Å². The largest absolute Gasteiger partial charge is 0.493 e. The number of cyclic esters (lactones) is 1. The van der Waals surface area contributed by atoms with Crippen molar-refractivity contribution in [2.75, 3.05) is 12.4 Å². The van der Waals surface area contributed by atoms with Gasteiger partial charge in [0.25, 0.3) is 0 Å². The van der Waals surface area contributed by atoms with Crippen LogP contribution < -0.4 is 14.8 Å². The molecule has 1 saturated carbocycles. The lowest BCUT2D eigenvalue weighted by Crippen LogP contribution is -2.13. The van der Waals surface area contributed by atoms with E-state index in [2.05, 4.69) is 10.3 Å². The number of nitrogens with one attached hydrogen (secondary N) is 1. The lowest BCUT2D eigenvalue weighted by Gasteiger charge is -2.09. The summed E-state index contributed by atoms with van der Waals surface area (Å²) in [7, 11) is 1.46. The third-order valence-electron chi connectivity index (χ3n) is 5.38. The molecule has 2 aliphatic rings. The number of nitrogens with zero attached hydrogens (tertiary/aromatic N) is 1. The molecule has 2 heterocycles. The maximum absolute atomic E-state index is 12.4. The van der Waals surface area contributed by atoms with Crippen molar-refractivity contribution < 1.29 is 28.6 Å². The van der Waals surface area contributed by atoms with Crippen molar-refractivity contribution in [1.82, 2.24) is 0 Å². The molecule has 190 valence electrons. The molecule has 1 aliphatic heterocycles. The molecule has 8 nitrogen and oxygen atoms in total. The van der Waals surface area contributed by atoms with Gasteiger partial charge in [0.1, 0.15) is 4.88 Å². The molecule has 0 saturated heterocycles. The maximum atomic E-state index is 12.4. The number of methoxy groups -OCH3 is 1. The van der Waals surface area contributed by atoms with Gasteiger partial charge in [0.2, 0.25) is 11.8 Å². The molecule has 9 heteroatoms. The van der Waals surface area contributed by atoms with E-state index in [1.165, 1.54) is 18.4 Å². The Morgan fingerprint density at radius 2 is 1.84 bits per heavy atom. The number of anilines is 1. The Kier molecular flexibility index (Phi) is 8.15. The van der Waals surface area contributed by atoms with Gasteiger partial charge in [0.05, 0.1) is 7.11 Å². The van der Waals surface area contributed by atoms with Crippen molar-refractivity contribution in [2.24, 2.45) is 10.9 Å². The molecule has 0 atom stereocenters. The Hall–Kier alpha value is -4.24. The van der Waals surface area contributed by atoms with E-state index in [4.69, 9.17) is 14.2 Å². The van der Waals surface area contributed by atoms with Crippen LogP contribution in [0.2, 0.25) is 0 Å². The highest BCUT2D eigenvalue weighted by Crippen LogP contribution is 2.32. The van der Waals surface area contributed by atoms with Gasteiger partial charge in [-0.1, -0.05) is 26.0 Å². The third-order valence-corrected chi connectivity index (χ3v) is 6.23. The first-order valence-corrected chi connectivity index (χ1v) is 12.8. The van der Waals surface area contributed by atoms with Crippen LogP contribution in [0.15, 0.2) is 70.7 Å². The van der Waals surface area contributed by atoms with Gasteiger partial charge < -0.3 is 19.5 Å². The molecule has 1 aliphatic carbocycles. The van der Waals surface area contributed by atoms with Gasteiger partial charge in [-0.2, -0.15) is 0 Å². The van der Waals surface area contributed by atoms with Crippen LogP contribution in [0.5, 0.6) is 11.5 Å². The van der Waals surface area contributed by atoms with Crippen LogP contribution in [0.3, 0.4) is 0 Å². The molecule has 1 aromatic heterocycles. The normalized spacial score (nSPS) is 15.3. The Morgan fingerprint density at radius 1 is 1.08 bits per heavy atom. The number of carbonyl (C=O) groups excluding carboxylic acids is 3. The van der Waals surface area contributed by atoms with Crippen molar-refractivity contribution in [2.45, 2.75) is 26.7 Å². The molecule has 1 N–H and O–H groups in total. The number of aliphatic imine (C=N–C) groups is 1. The summed E-state index contributed by atoms with van der Waals surface area (Å²) in [6.07, 6.45) is 3.42. The molecular weight excluding hydrogens is 492 g/mol. The van der Waals surface area contributed by atoms with Crippen LogP contribution in [0.25, 0.3) is 6.08 Å². The number of esters is 2. The van der Waals surface area contributed by atoms with E-state index in [0.717, 1.165) is 12.8 Å². The van der Waals surface area contributed by atoms with Gasteiger partial charge in [0, 0.05) is 17.2 Å². The van der Waals surface area contributed by atoms with E-state index in [1.807, 2.05) is 13.8 Å². The molecule has 0 spiro atoms. The Balaban J connectivity index is 0.00000156. The molecule has 3 aromatic rings. The smallest absolute Gasteiger partial charge is 0.363 e. The van der Waals surface area contributed by atoms with E-state index >= 15 is 0 Å². The predicted molar refractivity (Wildman–Crippen MR) is 142 cm³/mol. The summed E-state index contributed by atoms with van der Waals surface area (Å²) in [6, 6.07) is 15.3. The summed E-state index contributed by atoms with van der Waals surface area (Å²) in [5, 5.41) is 4.66. The highest BCUT2D eigenvalue weighted by Gasteiger charge is 2.29.